The summed E-state index contributed by atoms with van der Waals surface area (Å²) in [5.41, 5.74) is 6.98. The highest BCUT2D eigenvalue weighted by molar-refractivity contribution is 5.85. The minimum atomic E-state index is -0.584. The van der Waals surface area contributed by atoms with E-state index in [2.05, 4.69) is 0 Å². The lowest BCUT2D eigenvalue weighted by Crippen LogP contribution is -2.45. The molecular formula is C15H23ClN2O3. The highest BCUT2D eigenvalue weighted by atomic mass is 35.5. The van der Waals surface area contributed by atoms with Crippen LogP contribution in [-0.2, 0) is 9.53 Å². The summed E-state index contributed by atoms with van der Waals surface area (Å²) in [6.45, 7) is 1.01. The molecule has 0 radical (unpaired) electrons. The van der Waals surface area contributed by atoms with Gasteiger partial charge in [0.2, 0.25) is 5.91 Å². The Kier molecular flexibility index (Phi) is 6.95. The first kappa shape index (κ1) is 17.8. The van der Waals surface area contributed by atoms with E-state index in [1.165, 1.54) is 0 Å². The number of rotatable bonds is 5. The van der Waals surface area contributed by atoms with Gasteiger partial charge in [-0.15, -0.1) is 12.4 Å². The van der Waals surface area contributed by atoms with Crippen LogP contribution in [0.25, 0.3) is 0 Å². The quantitative estimate of drug-likeness (QED) is 0.899. The molecule has 1 aromatic carbocycles. The van der Waals surface area contributed by atoms with Crippen LogP contribution < -0.4 is 10.5 Å². The number of hydrogen-bond donors (Lipinski definition) is 1. The van der Waals surface area contributed by atoms with Crippen LogP contribution in [-0.4, -0.2) is 44.2 Å². The van der Waals surface area contributed by atoms with Crippen molar-refractivity contribution in [3.8, 4) is 5.75 Å². The average Bonchev–Trinajstić information content (AvgIpc) is 2.96. The van der Waals surface area contributed by atoms with Crippen LogP contribution in [0.1, 0.15) is 24.4 Å². The van der Waals surface area contributed by atoms with Crippen LogP contribution in [0.2, 0.25) is 0 Å². The first-order valence-corrected chi connectivity index (χ1v) is 6.86. The fourth-order valence-corrected chi connectivity index (χ4v) is 2.67. The van der Waals surface area contributed by atoms with Gasteiger partial charge in [-0.05, 0) is 30.5 Å². The Bertz CT molecular complexity index is 453. The van der Waals surface area contributed by atoms with Gasteiger partial charge in [-0.1, -0.05) is 12.1 Å². The Labute approximate surface area is 131 Å². The molecule has 1 aliphatic rings. The van der Waals surface area contributed by atoms with Gasteiger partial charge in [0.1, 0.15) is 11.8 Å². The molecule has 2 N–H and O–H groups in total. The van der Waals surface area contributed by atoms with E-state index in [1.807, 2.05) is 29.2 Å². The number of carbonyl (C=O) groups is 1. The van der Waals surface area contributed by atoms with E-state index >= 15 is 0 Å². The number of hydrogen-bond acceptors (Lipinski definition) is 4. The van der Waals surface area contributed by atoms with E-state index in [9.17, 15) is 4.79 Å². The molecule has 0 aromatic heterocycles. The fraction of sp³-hybridized carbons (Fsp3) is 0.533. The second-order valence-corrected chi connectivity index (χ2v) is 5.02. The summed E-state index contributed by atoms with van der Waals surface area (Å²) in [6.07, 6.45) is 1.97. The largest absolute Gasteiger partial charge is 0.497 e. The van der Waals surface area contributed by atoms with Gasteiger partial charge in [-0.3, -0.25) is 4.79 Å². The summed E-state index contributed by atoms with van der Waals surface area (Å²) < 4.78 is 10.1. The molecule has 2 atom stereocenters. The standard InChI is InChI=1S/C15H22N2O3.ClH/c1-19-10-13(16)15(18)17-9-3-4-14(17)11-5-7-12(20-2)8-6-11;/h5-8,13-14H,3-4,9-10,16H2,1-2H3;1H. The van der Waals surface area contributed by atoms with Crippen molar-refractivity contribution < 1.29 is 14.3 Å². The predicted octanol–water partition coefficient (Wildman–Crippen LogP) is 1.75. The minimum Gasteiger partial charge on any atom is -0.497 e. The number of likely N-dealkylation sites (tertiary alicyclic amines) is 1. The van der Waals surface area contributed by atoms with E-state index in [-0.39, 0.29) is 31.0 Å². The second-order valence-electron chi connectivity index (χ2n) is 5.02. The SMILES string of the molecule is COCC(N)C(=O)N1CCCC1c1ccc(OC)cc1.Cl. The Morgan fingerprint density at radius 1 is 1.38 bits per heavy atom. The van der Waals surface area contributed by atoms with Crippen LogP contribution in [0.5, 0.6) is 5.75 Å². The molecule has 118 valence electrons. The molecule has 1 heterocycles. The van der Waals surface area contributed by atoms with Crippen molar-refractivity contribution in [3.05, 3.63) is 29.8 Å². The number of halogens is 1. The number of benzene rings is 1. The van der Waals surface area contributed by atoms with E-state index < -0.39 is 6.04 Å². The Balaban J connectivity index is 0.00000220. The van der Waals surface area contributed by atoms with Gasteiger partial charge in [0, 0.05) is 13.7 Å². The predicted molar refractivity (Wildman–Crippen MR) is 83.8 cm³/mol. The summed E-state index contributed by atoms with van der Waals surface area (Å²) in [5.74, 6) is 0.783. The molecular weight excluding hydrogens is 292 g/mol. The van der Waals surface area contributed by atoms with E-state index in [4.69, 9.17) is 15.2 Å². The van der Waals surface area contributed by atoms with Gasteiger partial charge in [-0.2, -0.15) is 0 Å². The molecule has 5 nitrogen and oxygen atoms in total. The van der Waals surface area contributed by atoms with Crippen molar-refractivity contribution in [3.63, 3.8) is 0 Å². The molecule has 1 aliphatic heterocycles. The smallest absolute Gasteiger partial charge is 0.242 e. The second kappa shape index (κ2) is 8.22. The Morgan fingerprint density at radius 3 is 2.62 bits per heavy atom. The van der Waals surface area contributed by atoms with Crippen LogP contribution in [0, 0.1) is 0 Å². The average molecular weight is 315 g/mol. The Morgan fingerprint density at radius 2 is 2.05 bits per heavy atom. The van der Waals surface area contributed by atoms with Gasteiger partial charge in [-0.25, -0.2) is 0 Å². The van der Waals surface area contributed by atoms with Crippen LogP contribution in [0.3, 0.4) is 0 Å². The zero-order chi connectivity index (χ0) is 14.5. The molecule has 2 rings (SSSR count). The van der Waals surface area contributed by atoms with Crippen molar-refractivity contribution in [2.24, 2.45) is 5.73 Å². The molecule has 1 aromatic rings. The zero-order valence-electron chi connectivity index (χ0n) is 12.5. The monoisotopic (exact) mass is 314 g/mol. The molecule has 0 bridgehead atoms. The first-order chi connectivity index (χ1) is 9.67. The van der Waals surface area contributed by atoms with Crippen LogP contribution in [0.4, 0.5) is 0 Å². The number of ether oxygens (including phenoxy) is 2. The third-order valence-corrected chi connectivity index (χ3v) is 3.70. The van der Waals surface area contributed by atoms with Crippen LogP contribution in [0.15, 0.2) is 24.3 Å². The number of amides is 1. The summed E-state index contributed by atoms with van der Waals surface area (Å²) in [4.78, 5) is 14.2. The topological polar surface area (TPSA) is 64.8 Å². The maximum absolute atomic E-state index is 12.3. The van der Waals surface area contributed by atoms with Gasteiger partial charge in [0.05, 0.1) is 19.8 Å². The molecule has 2 unspecified atom stereocenters. The van der Waals surface area contributed by atoms with Crippen LogP contribution >= 0.6 is 12.4 Å². The van der Waals surface area contributed by atoms with E-state index in [0.29, 0.717) is 0 Å². The molecule has 0 saturated carbocycles. The third kappa shape index (κ3) is 4.09. The normalized spacial score (nSPS) is 19.0. The maximum Gasteiger partial charge on any atom is 0.242 e. The first-order valence-electron chi connectivity index (χ1n) is 6.86. The lowest BCUT2D eigenvalue weighted by atomic mass is 10.0. The van der Waals surface area contributed by atoms with E-state index in [1.54, 1.807) is 14.2 Å². The number of methoxy groups -OCH3 is 2. The van der Waals surface area contributed by atoms with Crippen molar-refractivity contribution in [2.45, 2.75) is 24.9 Å². The lowest BCUT2D eigenvalue weighted by Gasteiger charge is -2.27. The highest BCUT2D eigenvalue weighted by Crippen LogP contribution is 2.33. The Hall–Kier alpha value is -1.30. The van der Waals surface area contributed by atoms with E-state index in [0.717, 1.165) is 30.7 Å². The summed E-state index contributed by atoms with van der Waals surface area (Å²) in [5, 5.41) is 0. The molecule has 21 heavy (non-hydrogen) atoms. The molecule has 0 aliphatic carbocycles. The third-order valence-electron chi connectivity index (χ3n) is 3.70. The van der Waals surface area contributed by atoms with Gasteiger partial charge < -0.3 is 20.1 Å². The summed E-state index contributed by atoms with van der Waals surface area (Å²) >= 11 is 0. The van der Waals surface area contributed by atoms with Crippen molar-refractivity contribution >= 4 is 18.3 Å². The maximum atomic E-state index is 12.3. The zero-order valence-corrected chi connectivity index (χ0v) is 13.3. The molecule has 1 saturated heterocycles. The number of carbonyl (C=O) groups excluding carboxylic acids is 1. The molecule has 1 fully saturated rings. The molecule has 6 heteroatoms. The molecule has 0 spiro atoms. The lowest BCUT2D eigenvalue weighted by molar-refractivity contribution is -0.134. The van der Waals surface area contributed by atoms with Gasteiger partial charge in [0.15, 0.2) is 0 Å². The number of nitrogens with zero attached hydrogens (tertiary/aromatic N) is 1. The summed E-state index contributed by atoms with van der Waals surface area (Å²) in [6, 6.07) is 7.39. The van der Waals surface area contributed by atoms with Crippen molar-refractivity contribution in [2.75, 3.05) is 27.4 Å². The fourth-order valence-electron chi connectivity index (χ4n) is 2.67. The summed E-state index contributed by atoms with van der Waals surface area (Å²) in [7, 11) is 3.20. The van der Waals surface area contributed by atoms with Gasteiger partial charge in [0.25, 0.3) is 0 Å². The molecule has 1 amide bonds. The van der Waals surface area contributed by atoms with Crippen molar-refractivity contribution in [1.29, 1.82) is 0 Å². The highest BCUT2D eigenvalue weighted by Gasteiger charge is 2.32. The van der Waals surface area contributed by atoms with Gasteiger partial charge >= 0.3 is 0 Å². The number of nitrogens with two attached hydrogens (primary N) is 1. The van der Waals surface area contributed by atoms with Crippen molar-refractivity contribution in [1.82, 2.24) is 4.90 Å². The minimum absolute atomic E-state index is 0.